The largest absolute Gasteiger partial charge is 0.469 e. The fourth-order valence-corrected chi connectivity index (χ4v) is 3.90. The van der Waals surface area contributed by atoms with Gasteiger partial charge in [-0.05, 0) is 36.5 Å². The van der Waals surface area contributed by atoms with Crippen molar-refractivity contribution in [3.05, 3.63) is 52.7 Å². The molecule has 0 amide bonds. The normalized spacial score (nSPS) is 16.4. The highest BCUT2D eigenvalue weighted by Gasteiger charge is 2.19. The van der Waals surface area contributed by atoms with Crippen molar-refractivity contribution < 1.29 is 14.3 Å². The molecule has 0 N–H and O–H groups in total. The van der Waals surface area contributed by atoms with Gasteiger partial charge in [0.1, 0.15) is 17.1 Å². The van der Waals surface area contributed by atoms with Crippen LogP contribution in [0.4, 0.5) is 0 Å². The first-order valence-electron chi connectivity index (χ1n) is 9.59. The van der Waals surface area contributed by atoms with Gasteiger partial charge in [-0.3, -0.25) is 4.79 Å². The molecule has 0 saturated carbocycles. The average molecular weight is 447 g/mol. The van der Waals surface area contributed by atoms with E-state index >= 15 is 0 Å². The van der Waals surface area contributed by atoms with Crippen LogP contribution in [0, 0.1) is 0 Å². The van der Waals surface area contributed by atoms with Gasteiger partial charge in [-0.25, -0.2) is 14.6 Å². The molecule has 156 valence electrons. The standard InChI is InChI=1S/C21H20Cl2N4O3/c1-29-19(28)9-14-8-13(5-6-16(14)20-21(23)26-17(22)11-24-20)15-10-25-27(12-15)18-4-2-3-7-30-18/h5-6,8,10-12,18H,2-4,7,9H2,1H3. The maximum absolute atomic E-state index is 12.0. The first-order chi connectivity index (χ1) is 14.5. The average Bonchev–Trinajstić information content (AvgIpc) is 3.25. The lowest BCUT2D eigenvalue weighted by Gasteiger charge is -2.22. The fourth-order valence-electron chi connectivity index (χ4n) is 3.48. The van der Waals surface area contributed by atoms with Gasteiger partial charge in [0.25, 0.3) is 0 Å². The van der Waals surface area contributed by atoms with E-state index in [1.165, 1.54) is 13.3 Å². The monoisotopic (exact) mass is 446 g/mol. The van der Waals surface area contributed by atoms with Crippen molar-refractivity contribution in [3.8, 4) is 22.4 Å². The number of methoxy groups -OCH3 is 1. The molecule has 0 aliphatic carbocycles. The predicted octanol–water partition coefficient (Wildman–Crippen LogP) is 4.73. The number of carbonyl (C=O) groups excluding carboxylic acids is 1. The zero-order valence-corrected chi connectivity index (χ0v) is 17.9. The Hall–Kier alpha value is -2.48. The summed E-state index contributed by atoms with van der Waals surface area (Å²) in [6.07, 6.45) is 8.37. The molecular formula is C21H20Cl2N4O3. The Balaban J connectivity index is 1.71. The van der Waals surface area contributed by atoms with Crippen molar-refractivity contribution in [1.82, 2.24) is 19.7 Å². The van der Waals surface area contributed by atoms with Crippen LogP contribution >= 0.6 is 23.2 Å². The molecule has 1 fully saturated rings. The van der Waals surface area contributed by atoms with E-state index in [1.54, 1.807) is 6.20 Å². The Morgan fingerprint density at radius 2 is 2.13 bits per heavy atom. The molecule has 7 nitrogen and oxygen atoms in total. The number of rotatable bonds is 5. The van der Waals surface area contributed by atoms with Gasteiger partial charge in [0.15, 0.2) is 5.15 Å². The Bertz CT molecular complexity index is 1060. The highest BCUT2D eigenvalue weighted by atomic mass is 35.5. The zero-order chi connectivity index (χ0) is 21.1. The van der Waals surface area contributed by atoms with Crippen molar-refractivity contribution in [2.45, 2.75) is 31.9 Å². The van der Waals surface area contributed by atoms with Crippen molar-refractivity contribution in [1.29, 1.82) is 0 Å². The summed E-state index contributed by atoms with van der Waals surface area (Å²) in [5, 5.41) is 4.84. The van der Waals surface area contributed by atoms with E-state index < -0.39 is 0 Å². The lowest BCUT2D eigenvalue weighted by Crippen LogP contribution is -2.18. The van der Waals surface area contributed by atoms with E-state index in [2.05, 4.69) is 15.1 Å². The van der Waals surface area contributed by atoms with Crippen LogP contribution in [0.15, 0.2) is 36.8 Å². The summed E-state index contributed by atoms with van der Waals surface area (Å²) < 4.78 is 12.5. The Morgan fingerprint density at radius 3 is 2.87 bits per heavy atom. The van der Waals surface area contributed by atoms with E-state index in [9.17, 15) is 4.79 Å². The molecule has 0 spiro atoms. The summed E-state index contributed by atoms with van der Waals surface area (Å²) in [6, 6.07) is 5.72. The maximum Gasteiger partial charge on any atom is 0.310 e. The molecule has 30 heavy (non-hydrogen) atoms. The van der Waals surface area contributed by atoms with Crippen LogP contribution < -0.4 is 0 Å². The quantitative estimate of drug-likeness (QED) is 0.527. The second kappa shape index (κ2) is 9.12. The topological polar surface area (TPSA) is 79.1 Å². The van der Waals surface area contributed by atoms with Crippen molar-refractivity contribution in [3.63, 3.8) is 0 Å². The minimum atomic E-state index is -0.363. The van der Waals surface area contributed by atoms with Gasteiger partial charge < -0.3 is 9.47 Å². The van der Waals surface area contributed by atoms with E-state index in [4.69, 9.17) is 32.7 Å². The minimum Gasteiger partial charge on any atom is -0.469 e. The molecule has 3 aromatic rings. The van der Waals surface area contributed by atoms with E-state index in [-0.39, 0.29) is 28.9 Å². The van der Waals surface area contributed by atoms with Gasteiger partial charge in [-0.2, -0.15) is 5.10 Å². The number of halogens is 2. The molecule has 0 bridgehead atoms. The van der Waals surface area contributed by atoms with E-state index in [1.807, 2.05) is 29.1 Å². The molecule has 9 heteroatoms. The minimum absolute atomic E-state index is 0.0375. The number of esters is 1. The number of hydrogen-bond acceptors (Lipinski definition) is 6. The molecule has 1 saturated heterocycles. The maximum atomic E-state index is 12.0. The summed E-state index contributed by atoms with van der Waals surface area (Å²) in [7, 11) is 1.36. The number of aromatic nitrogens is 4. The van der Waals surface area contributed by atoms with E-state index in [0.29, 0.717) is 11.3 Å². The number of benzene rings is 1. The molecule has 1 atom stereocenters. The summed E-state index contributed by atoms with van der Waals surface area (Å²) in [5.41, 5.74) is 3.71. The van der Waals surface area contributed by atoms with Crippen LogP contribution in [0.25, 0.3) is 22.4 Å². The molecule has 1 aliphatic heterocycles. The van der Waals surface area contributed by atoms with Gasteiger partial charge >= 0.3 is 5.97 Å². The second-order valence-corrected chi connectivity index (χ2v) is 7.73. The Kier molecular flexibility index (Phi) is 6.32. The molecule has 1 unspecified atom stereocenters. The highest BCUT2D eigenvalue weighted by molar-refractivity contribution is 6.33. The molecule has 3 heterocycles. The molecule has 2 aromatic heterocycles. The summed E-state index contributed by atoms with van der Waals surface area (Å²) in [6.45, 7) is 0.751. The highest BCUT2D eigenvalue weighted by Crippen LogP contribution is 2.33. The van der Waals surface area contributed by atoms with Crippen LogP contribution in [0.5, 0.6) is 0 Å². The molecule has 1 aromatic carbocycles. The first-order valence-corrected chi connectivity index (χ1v) is 10.3. The van der Waals surface area contributed by atoms with Crippen LogP contribution in [0.1, 0.15) is 31.1 Å². The Morgan fingerprint density at radius 1 is 1.27 bits per heavy atom. The van der Waals surface area contributed by atoms with Crippen LogP contribution in [-0.4, -0.2) is 39.4 Å². The van der Waals surface area contributed by atoms with Crippen LogP contribution in [0.2, 0.25) is 10.3 Å². The third-order valence-electron chi connectivity index (χ3n) is 5.01. The van der Waals surface area contributed by atoms with E-state index in [0.717, 1.165) is 42.6 Å². The number of ether oxygens (including phenoxy) is 2. The summed E-state index contributed by atoms with van der Waals surface area (Å²) in [5.74, 6) is -0.363. The SMILES string of the molecule is COC(=O)Cc1cc(-c2cnn(C3CCCCO3)c2)ccc1-c1ncc(Cl)nc1Cl. The fraction of sp³-hybridized carbons (Fsp3) is 0.333. The zero-order valence-electron chi connectivity index (χ0n) is 16.3. The predicted molar refractivity (Wildman–Crippen MR) is 113 cm³/mol. The Labute approximate surface area is 184 Å². The summed E-state index contributed by atoms with van der Waals surface area (Å²) in [4.78, 5) is 20.4. The van der Waals surface area contributed by atoms with Gasteiger partial charge in [-0.15, -0.1) is 0 Å². The smallest absolute Gasteiger partial charge is 0.310 e. The number of nitrogens with zero attached hydrogens (tertiary/aromatic N) is 4. The third-order valence-corrected chi connectivity index (χ3v) is 5.45. The summed E-state index contributed by atoms with van der Waals surface area (Å²) >= 11 is 12.1. The lowest BCUT2D eigenvalue weighted by molar-refractivity contribution is -0.139. The van der Waals surface area contributed by atoms with Crippen molar-refractivity contribution in [2.24, 2.45) is 0 Å². The first kappa shape index (κ1) is 20.8. The van der Waals surface area contributed by atoms with Crippen molar-refractivity contribution >= 4 is 29.2 Å². The van der Waals surface area contributed by atoms with Crippen molar-refractivity contribution in [2.75, 3.05) is 13.7 Å². The van der Waals surface area contributed by atoms with Crippen LogP contribution in [0.3, 0.4) is 0 Å². The van der Waals surface area contributed by atoms with Gasteiger partial charge in [-0.1, -0.05) is 35.3 Å². The van der Waals surface area contributed by atoms with Crippen LogP contribution in [-0.2, 0) is 20.7 Å². The third kappa shape index (κ3) is 4.48. The molecule has 0 radical (unpaired) electrons. The molecular weight excluding hydrogens is 427 g/mol. The van der Waals surface area contributed by atoms with Gasteiger partial charge in [0, 0.05) is 23.9 Å². The number of carbonyl (C=O) groups is 1. The second-order valence-electron chi connectivity index (χ2n) is 6.99. The van der Waals surface area contributed by atoms with Gasteiger partial charge in [0.2, 0.25) is 0 Å². The molecule has 1 aliphatic rings. The molecule has 4 rings (SSSR count). The van der Waals surface area contributed by atoms with Gasteiger partial charge in [0.05, 0.1) is 25.9 Å². The number of hydrogen-bond donors (Lipinski definition) is 0. The lowest BCUT2D eigenvalue weighted by atomic mass is 9.97.